The third kappa shape index (κ3) is 5.33. The van der Waals surface area contributed by atoms with Crippen LogP contribution in [0.4, 0.5) is 0 Å². The number of aryl methyl sites for hydroxylation is 1. The molecular weight excluding hydrogens is 394 g/mol. The molecule has 0 atom stereocenters. The molecule has 146 valence electrons. The van der Waals surface area contributed by atoms with Crippen molar-refractivity contribution < 1.29 is 14.3 Å². The third-order valence-electron chi connectivity index (χ3n) is 4.24. The Bertz CT molecular complexity index is 951. The Kier molecular flexibility index (Phi) is 6.70. The molecule has 0 N–H and O–H groups in total. The van der Waals surface area contributed by atoms with Crippen molar-refractivity contribution in [1.29, 1.82) is 0 Å². The van der Waals surface area contributed by atoms with Crippen LogP contribution in [-0.2, 0) is 16.1 Å². The van der Waals surface area contributed by atoms with Gasteiger partial charge in [-0.25, -0.2) is 9.78 Å². The van der Waals surface area contributed by atoms with Crippen LogP contribution in [0.15, 0.2) is 47.8 Å². The molecule has 0 fully saturated rings. The van der Waals surface area contributed by atoms with Crippen LogP contribution in [0.3, 0.4) is 0 Å². The summed E-state index contributed by atoms with van der Waals surface area (Å²) in [7, 11) is 0. The second-order valence-electron chi connectivity index (χ2n) is 6.78. The average molecular weight is 416 g/mol. The van der Waals surface area contributed by atoms with Crippen molar-refractivity contribution in [3.05, 3.63) is 69.7 Å². The minimum Gasteiger partial charge on any atom is -0.482 e. The summed E-state index contributed by atoms with van der Waals surface area (Å²) in [6, 6.07) is 13.6. The number of hydrogen-bond acceptors (Lipinski definition) is 5. The van der Waals surface area contributed by atoms with E-state index in [1.165, 1.54) is 16.9 Å². The van der Waals surface area contributed by atoms with Gasteiger partial charge in [0.2, 0.25) is 0 Å². The van der Waals surface area contributed by atoms with E-state index in [1.54, 1.807) is 18.2 Å². The van der Waals surface area contributed by atoms with Crippen molar-refractivity contribution >= 4 is 28.9 Å². The molecule has 1 aromatic heterocycles. The summed E-state index contributed by atoms with van der Waals surface area (Å²) in [5, 5.41) is 3.48. The summed E-state index contributed by atoms with van der Waals surface area (Å²) >= 11 is 7.51. The lowest BCUT2D eigenvalue weighted by atomic mass is 10.0. The third-order valence-corrected chi connectivity index (χ3v) is 5.61. The minimum absolute atomic E-state index is 0.127. The summed E-state index contributed by atoms with van der Waals surface area (Å²) < 4.78 is 10.7. The highest BCUT2D eigenvalue weighted by atomic mass is 35.5. The van der Waals surface area contributed by atoms with Gasteiger partial charge in [-0.15, -0.1) is 11.3 Å². The molecule has 0 saturated carbocycles. The standard InChI is InChI=1S/C22H22ClNO3S/c1-14(2)16-4-6-17(7-5-16)22-24-18(13-28-22)11-27-21(25)12-26-19-8-9-20(23)15(3)10-19/h4-10,13-14H,11-12H2,1-3H3. The van der Waals surface area contributed by atoms with Crippen LogP contribution in [0.25, 0.3) is 10.6 Å². The minimum atomic E-state index is -0.441. The number of hydrogen-bond donors (Lipinski definition) is 0. The highest BCUT2D eigenvalue weighted by Gasteiger charge is 2.10. The second-order valence-corrected chi connectivity index (χ2v) is 8.05. The Morgan fingerprint density at radius 1 is 1.18 bits per heavy atom. The van der Waals surface area contributed by atoms with E-state index in [1.807, 2.05) is 12.3 Å². The molecule has 0 radical (unpaired) electrons. The molecule has 6 heteroatoms. The Morgan fingerprint density at radius 2 is 1.93 bits per heavy atom. The van der Waals surface area contributed by atoms with Gasteiger partial charge in [-0.3, -0.25) is 0 Å². The quantitative estimate of drug-likeness (QED) is 0.443. The Balaban J connectivity index is 1.50. The largest absolute Gasteiger partial charge is 0.482 e. The van der Waals surface area contributed by atoms with Gasteiger partial charge < -0.3 is 9.47 Å². The number of halogens is 1. The van der Waals surface area contributed by atoms with Gasteiger partial charge in [-0.05, 0) is 42.2 Å². The number of carbonyl (C=O) groups excluding carboxylic acids is 1. The highest BCUT2D eigenvalue weighted by molar-refractivity contribution is 7.13. The van der Waals surface area contributed by atoms with Crippen molar-refractivity contribution in [2.24, 2.45) is 0 Å². The van der Waals surface area contributed by atoms with E-state index >= 15 is 0 Å². The maximum atomic E-state index is 11.9. The lowest BCUT2D eigenvalue weighted by Gasteiger charge is -2.07. The summed E-state index contributed by atoms with van der Waals surface area (Å²) in [6.45, 7) is 6.19. The predicted octanol–water partition coefficient (Wildman–Crippen LogP) is 6.02. The highest BCUT2D eigenvalue weighted by Crippen LogP contribution is 2.26. The Hall–Kier alpha value is -2.37. The van der Waals surface area contributed by atoms with Crippen molar-refractivity contribution in [1.82, 2.24) is 4.98 Å². The zero-order valence-electron chi connectivity index (χ0n) is 16.1. The van der Waals surface area contributed by atoms with Gasteiger partial charge in [0, 0.05) is 16.0 Å². The zero-order valence-corrected chi connectivity index (χ0v) is 17.6. The first-order valence-electron chi connectivity index (χ1n) is 9.01. The maximum absolute atomic E-state index is 11.9. The predicted molar refractivity (Wildman–Crippen MR) is 113 cm³/mol. The SMILES string of the molecule is Cc1cc(OCC(=O)OCc2csc(-c3ccc(C(C)C)cc3)n2)ccc1Cl. The smallest absolute Gasteiger partial charge is 0.344 e. The molecule has 0 aliphatic carbocycles. The molecule has 4 nitrogen and oxygen atoms in total. The summed E-state index contributed by atoms with van der Waals surface area (Å²) in [5.74, 6) is 0.641. The van der Waals surface area contributed by atoms with Crippen LogP contribution in [-0.4, -0.2) is 17.6 Å². The van der Waals surface area contributed by atoms with E-state index in [2.05, 4.69) is 43.1 Å². The van der Waals surface area contributed by atoms with Gasteiger partial charge in [0.25, 0.3) is 0 Å². The molecule has 0 unspecified atom stereocenters. The van der Waals surface area contributed by atoms with Gasteiger partial charge in [-0.2, -0.15) is 0 Å². The van der Waals surface area contributed by atoms with Gasteiger partial charge in [-0.1, -0.05) is 49.7 Å². The molecule has 28 heavy (non-hydrogen) atoms. The zero-order chi connectivity index (χ0) is 20.1. The van der Waals surface area contributed by atoms with Gasteiger partial charge >= 0.3 is 5.97 Å². The van der Waals surface area contributed by atoms with Crippen molar-refractivity contribution in [2.45, 2.75) is 33.3 Å². The molecular formula is C22H22ClNO3S. The summed E-state index contributed by atoms with van der Waals surface area (Å²) in [4.78, 5) is 16.5. The first-order valence-corrected chi connectivity index (χ1v) is 10.3. The van der Waals surface area contributed by atoms with E-state index in [0.717, 1.165) is 21.8 Å². The van der Waals surface area contributed by atoms with Crippen LogP contribution < -0.4 is 4.74 Å². The van der Waals surface area contributed by atoms with E-state index in [-0.39, 0.29) is 13.2 Å². The number of esters is 1. The fourth-order valence-corrected chi connectivity index (χ4v) is 3.49. The molecule has 3 rings (SSSR count). The van der Waals surface area contributed by atoms with Crippen molar-refractivity contribution in [2.75, 3.05) is 6.61 Å². The molecule has 0 amide bonds. The van der Waals surface area contributed by atoms with Gasteiger partial charge in [0.1, 0.15) is 17.4 Å². The van der Waals surface area contributed by atoms with Gasteiger partial charge in [0.05, 0.1) is 5.69 Å². The molecule has 0 aliphatic heterocycles. The van der Waals surface area contributed by atoms with Crippen LogP contribution >= 0.6 is 22.9 Å². The van der Waals surface area contributed by atoms with Crippen molar-refractivity contribution in [3.8, 4) is 16.3 Å². The lowest BCUT2D eigenvalue weighted by molar-refractivity contribution is -0.147. The Morgan fingerprint density at radius 3 is 2.61 bits per heavy atom. The monoisotopic (exact) mass is 415 g/mol. The second kappa shape index (κ2) is 9.22. The molecule has 1 heterocycles. The Labute approximate surface area is 174 Å². The normalized spacial score (nSPS) is 10.9. The van der Waals surface area contributed by atoms with Gasteiger partial charge in [0.15, 0.2) is 6.61 Å². The summed E-state index contributed by atoms with van der Waals surface area (Å²) in [5.41, 5.74) is 3.98. The number of nitrogens with zero attached hydrogens (tertiary/aromatic N) is 1. The summed E-state index contributed by atoms with van der Waals surface area (Å²) in [6.07, 6.45) is 0. The first-order chi connectivity index (χ1) is 13.4. The van der Waals surface area contributed by atoms with Crippen LogP contribution in [0, 0.1) is 6.92 Å². The number of rotatable bonds is 7. The molecule has 2 aromatic carbocycles. The first kappa shape index (κ1) is 20.4. The molecule has 0 spiro atoms. The molecule has 0 bridgehead atoms. The number of benzene rings is 2. The molecule has 0 aliphatic rings. The fourth-order valence-electron chi connectivity index (χ4n) is 2.56. The van der Waals surface area contributed by atoms with Crippen LogP contribution in [0.5, 0.6) is 5.75 Å². The van der Waals surface area contributed by atoms with E-state index in [4.69, 9.17) is 21.1 Å². The average Bonchev–Trinajstić information content (AvgIpc) is 3.16. The van der Waals surface area contributed by atoms with Crippen LogP contribution in [0.2, 0.25) is 5.02 Å². The molecule has 0 saturated heterocycles. The van der Waals surface area contributed by atoms with E-state index < -0.39 is 5.97 Å². The number of ether oxygens (including phenoxy) is 2. The van der Waals surface area contributed by atoms with E-state index in [0.29, 0.717) is 16.7 Å². The van der Waals surface area contributed by atoms with E-state index in [9.17, 15) is 4.79 Å². The van der Waals surface area contributed by atoms with Crippen molar-refractivity contribution in [3.63, 3.8) is 0 Å². The number of aromatic nitrogens is 1. The molecule has 3 aromatic rings. The number of carbonyl (C=O) groups is 1. The number of thiazole rings is 1. The maximum Gasteiger partial charge on any atom is 0.344 e. The van der Waals surface area contributed by atoms with Crippen LogP contribution in [0.1, 0.15) is 36.6 Å². The fraction of sp³-hybridized carbons (Fsp3) is 0.273. The topological polar surface area (TPSA) is 48.4 Å². The lowest BCUT2D eigenvalue weighted by Crippen LogP contribution is -2.14.